The van der Waals surface area contributed by atoms with Crippen LogP contribution < -0.4 is 10.9 Å². The maximum atomic E-state index is 13.5. The topological polar surface area (TPSA) is 91.6 Å². The average molecular weight is 476 g/mol. The Hall–Kier alpha value is -3.19. The lowest BCUT2D eigenvalue weighted by Gasteiger charge is -2.41. The van der Waals surface area contributed by atoms with Crippen LogP contribution in [0, 0.1) is 17.8 Å². The van der Waals surface area contributed by atoms with Crippen molar-refractivity contribution in [3.05, 3.63) is 69.6 Å². The fourth-order valence-electron chi connectivity index (χ4n) is 5.83. The minimum Gasteiger partial charge on any atom is -0.396 e. The molecule has 1 aliphatic carbocycles. The van der Waals surface area contributed by atoms with E-state index in [-0.39, 0.29) is 35.9 Å². The Morgan fingerprint density at radius 3 is 2.54 bits per heavy atom. The van der Waals surface area contributed by atoms with Gasteiger partial charge >= 0.3 is 0 Å². The largest absolute Gasteiger partial charge is 0.396 e. The van der Waals surface area contributed by atoms with E-state index >= 15 is 0 Å². The molecule has 2 aromatic rings. The highest BCUT2D eigenvalue weighted by Gasteiger charge is 2.58. The highest BCUT2D eigenvalue weighted by Crippen LogP contribution is 2.50. The zero-order valence-electron chi connectivity index (χ0n) is 20.1. The van der Waals surface area contributed by atoms with E-state index < -0.39 is 17.9 Å². The van der Waals surface area contributed by atoms with Crippen LogP contribution in [0.25, 0.3) is 12.2 Å². The van der Waals surface area contributed by atoms with Crippen LogP contribution in [0.2, 0.25) is 0 Å². The van der Waals surface area contributed by atoms with Gasteiger partial charge in [0.05, 0.1) is 18.0 Å². The molecule has 1 aromatic carbocycles. The standard InChI is InChI=1S/C28H33N3O4/c1-2-15-29-26(33)24-21(17-32)23-16-30-22(25(24)31(23)28(35)19-9-6-10-19)14-13-20(27(30)34)12-11-18-7-4-3-5-8-18/h3-5,7-8,11-14,19,21,23-25,32H,2,6,9-10,15-17H2,1H3,(H,29,33)/b12-11+/t21-,23-,24+,25+/m0/s1. The van der Waals surface area contributed by atoms with Gasteiger partial charge in [-0.05, 0) is 43.0 Å². The summed E-state index contributed by atoms with van der Waals surface area (Å²) < 4.78 is 1.72. The fourth-order valence-corrected chi connectivity index (χ4v) is 5.83. The van der Waals surface area contributed by atoms with Gasteiger partial charge in [0.2, 0.25) is 11.8 Å². The first-order valence-corrected chi connectivity index (χ1v) is 12.7. The lowest BCUT2D eigenvalue weighted by atomic mass is 9.83. The number of nitrogens with zero attached hydrogens (tertiary/aromatic N) is 2. The number of aliphatic hydroxyl groups excluding tert-OH is 1. The molecule has 2 bridgehead atoms. The van der Waals surface area contributed by atoms with Gasteiger partial charge in [-0.25, -0.2) is 0 Å². The summed E-state index contributed by atoms with van der Waals surface area (Å²) >= 11 is 0. The number of pyridine rings is 1. The molecule has 35 heavy (non-hydrogen) atoms. The Labute approximate surface area is 205 Å². The second-order valence-corrected chi connectivity index (χ2v) is 9.92. The van der Waals surface area contributed by atoms with Gasteiger partial charge in [0.15, 0.2) is 0 Å². The minimum absolute atomic E-state index is 0.0249. The summed E-state index contributed by atoms with van der Waals surface area (Å²) in [4.78, 5) is 42.2. The Morgan fingerprint density at radius 1 is 1.11 bits per heavy atom. The van der Waals surface area contributed by atoms with Crippen LogP contribution in [0.15, 0.2) is 47.3 Å². The summed E-state index contributed by atoms with van der Waals surface area (Å²) in [5, 5.41) is 13.3. The van der Waals surface area contributed by atoms with Crippen LogP contribution in [0.4, 0.5) is 0 Å². The quantitative estimate of drug-likeness (QED) is 0.644. The molecular formula is C28H33N3O4. The predicted molar refractivity (Wildman–Crippen MR) is 134 cm³/mol. The van der Waals surface area contributed by atoms with Crippen LogP contribution in [0.3, 0.4) is 0 Å². The Balaban J connectivity index is 1.55. The number of hydrogen-bond donors (Lipinski definition) is 2. The van der Waals surface area contributed by atoms with Crippen molar-refractivity contribution in [3.8, 4) is 0 Å². The maximum absolute atomic E-state index is 13.5. The van der Waals surface area contributed by atoms with Crippen molar-refractivity contribution in [1.82, 2.24) is 14.8 Å². The molecule has 1 saturated carbocycles. The van der Waals surface area contributed by atoms with Crippen LogP contribution >= 0.6 is 0 Å². The van der Waals surface area contributed by atoms with Gasteiger partial charge in [0.25, 0.3) is 5.56 Å². The molecule has 3 heterocycles. The summed E-state index contributed by atoms with van der Waals surface area (Å²) in [5.74, 6) is -1.12. The van der Waals surface area contributed by atoms with Crippen LogP contribution in [0.1, 0.15) is 55.5 Å². The molecule has 2 aliphatic heterocycles. The number of fused-ring (bicyclic) bond motifs is 4. The number of carbonyl (C=O) groups excluding carboxylic acids is 2. The molecule has 4 atom stereocenters. The highest BCUT2D eigenvalue weighted by molar-refractivity contribution is 5.85. The van der Waals surface area contributed by atoms with Gasteiger partial charge in [-0.2, -0.15) is 0 Å². The fraction of sp³-hybridized carbons (Fsp3) is 0.464. The normalized spacial score (nSPS) is 25.4. The van der Waals surface area contributed by atoms with Crippen LogP contribution in [0.5, 0.6) is 0 Å². The van der Waals surface area contributed by atoms with Gasteiger partial charge < -0.3 is 19.9 Å². The summed E-state index contributed by atoms with van der Waals surface area (Å²) in [5.41, 5.74) is 2.11. The van der Waals surface area contributed by atoms with E-state index in [9.17, 15) is 19.5 Å². The lowest BCUT2D eigenvalue weighted by molar-refractivity contribution is -0.143. The third-order valence-corrected chi connectivity index (χ3v) is 7.89. The first kappa shape index (κ1) is 23.5. The Morgan fingerprint density at radius 2 is 1.89 bits per heavy atom. The van der Waals surface area contributed by atoms with Crippen LogP contribution in [-0.2, 0) is 16.1 Å². The van der Waals surface area contributed by atoms with Crippen molar-refractivity contribution in [1.29, 1.82) is 0 Å². The molecule has 0 spiro atoms. The molecule has 3 aliphatic rings. The first-order chi connectivity index (χ1) is 17.0. The van der Waals surface area contributed by atoms with E-state index in [1.807, 2.05) is 60.4 Å². The summed E-state index contributed by atoms with van der Waals surface area (Å²) in [6.07, 6.45) is 7.28. The number of hydrogen-bond acceptors (Lipinski definition) is 4. The third-order valence-electron chi connectivity index (χ3n) is 7.89. The Kier molecular flexibility index (Phi) is 6.60. The number of aromatic nitrogens is 1. The number of aliphatic hydroxyl groups is 1. The molecule has 0 radical (unpaired) electrons. The molecule has 7 heteroatoms. The second-order valence-electron chi connectivity index (χ2n) is 9.92. The van der Waals surface area contributed by atoms with E-state index in [1.165, 1.54) is 0 Å². The van der Waals surface area contributed by atoms with E-state index in [2.05, 4.69) is 5.32 Å². The number of carbonyl (C=O) groups is 2. The molecule has 2 N–H and O–H groups in total. The van der Waals surface area contributed by atoms with E-state index in [0.29, 0.717) is 24.3 Å². The summed E-state index contributed by atoms with van der Waals surface area (Å²) in [6.45, 7) is 2.61. The second kappa shape index (κ2) is 9.82. The average Bonchev–Trinajstić information content (AvgIpc) is 3.08. The van der Waals surface area contributed by atoms with Gasteiger partial charge in [-0.3, -0.25) is 14.4 Å². The number of benzene rings is 1. The SMILES string of the molecule is CCCNC(=O)[C@@H]1[C@@H](CO)[C@@H]2Cn3c(ccc(/C=C/c4ccccc4)c3=O)[C@H]1N2C(=O)C1CCC1. The van der Waals surface area contributed by atoms with Crippen molar-refractivity contribution < 1.29 is 14.7 Å². The number of amides is 2. The molecule has 2 amide bonds. The zero-order valence-corrected chi connectivity index (χ0v) is 20.1. The molecule has 0 unspecified atom stereocenters. The number of nitrogens with one attached hydrogen (secondary N) is 1. The monoisotopic (exact) mass is 475 g/mol. The first-order valence-electron chi connectivity index (χ1n) is 12.7. The van der Waals surface area contributed by atoms with E-state index in [1.54, 1.807) is 10.6 Å². The molecule has 7 nitrogen and oxygen atoms in total. The summed E-state index contributed by atoms with van der Waals surface area (Å²) in [6, 6.07) is 12.5. The molecule has 1 saturated heterocycles. The van der Waals surface area contributed by atoms with Crippen molar-refractivity contribution >= 4 is 24.0 Å². The van der Waals surface area contributed by atoms with Crippen molar-refractivity contribution in [3.63, 3.8) is 0 Å². The molecular weight excluding hydrogens is 442 g/mol. The summed E-state index contributed by atoms with van der Waals surface area (Å²) in [7, 11) is 0. The van der Waals surface area contributed by atoms with Crippen LogP contribution in [-0.4, -0.2) is 45.6 Å². The van der Waals surface area contributed by atoms with Gasteiger partial charge in [-0.15, -0.1) is 0 Å². The highest BCUT2D eigenvalue weighted by atomic mass is 16.3. The van der Waals surface area contributed by atoms with Crippen molar-refractivity contribution in [2.24, 2.45) is 17.8 Å². The minimum atomic E-state index is -0.584. The van der Waals surface area contributed by atoms with Gasteiger partial charge in [0.1, 0.15) is 0 Å². The smallest absolute Gasteiger partial charge is 0.258 e. The van der Waals surface area contributed by atoms with Crippen molar-refractivity contribution in [2.75, 3.05) is 13.2 Å². The predicted octanol–water partition coefficient (Wildman–Crippen LogP) is 2.84. The maximum Gasteiger partial charge on any atom is 0.258 e. The molecule has 1 aromatic heterocycles. The van der Waals surface area contributed by atoms with Crippen molar-refractivity contribution in [2.45, 2.75) is 51.2 Å². The van der Waals surface area contributed by atoms with E-state index in [0.717, 1.165) is 31.2 Å². The zero-order chi connectivity index (χ0) is 24.5. The van der Waals surface area contributed by atoms with E-state index in [4.69, 9.17) is 0 Å². The molecule has 5 rings (SSSR count). The molecule has 184 valence electrons. The number of rotatable bonds is 7. The van der Waals surface area contributed by atoms with Gasteiger partial charge in [-0.1, -0.05) is 49.8 Å². The lowest BCUT2D eigenvalue weighted by Crippen LogP contribution is -2.51. The Bertz CT molecular complexity index is 1180. The molecule has 2 fully saturated rings. The third kappa shape index (κ3) is 4.12. The van der Waals surface area contributed by atoms with Gasteiger partial charge in [0, 0.05) is 42.8 Å².